The molecule has 4 N–H and O–H groups in total. The summed E-state index contributed by atoms with van der Waals surface area (Å²) in [5, 5.41) is 22.5. The van der Waals surface area contributed by atoms with Crippen LogP contribution in [0.25, 0.3) is 134 Å². The average Bonchev–Trinajstić information content (AvgIpc) is 1.65. The molecule has 128 heavy (non-hydrogen) atoms. The summed E-state index contributed by atoms with van der Waals surface area (Å²) >= 11 is 0. The SMILES string of the molecule is Cc1cc(-c2cnc3c(ccn3CC(=O)Nc3ccc(-c4cnccn4)cn3)c2)ccn1.Cc1cc(-c2cnc3c(cnn3CC(=O)Nc3ccc(-c4cnccn4)cn3)c2)ccn1.Cc1cc(-c2nccc3c2ncn3CC(=O)Nc2ccc(-c3cnccn3)cn2)ccn1.Cc1cc(-c2ncnc3c2cnn3CC(=O)Nc2ccc(-c3cnccn3)cn2)ccn1. The molecule has 4 amide bonds. The van der Waals surface area contributed by atoms with Crippen molar-refractivity contribution in [1.82, 2.24) is 138 Å². The van der Waals surface area contributed by atoms with Crippen LogP contribution in [-0.2, 0) is 45.4 Å². The van der Waals surface area contributed by atoms with Crippen molar-refractivity contribution in [3.63, 3.8) is 0 Å². The lowest BCUT2D eigenvalue weighted by atomic mass is 10.1. The normalized spacial score (nSPS) is 10.9. The van der Waals surface area contributed by atoms with Crippen molar-refractivity contribution >= 4 is 91.0 Å². The predicted octanol–water partition coefficient (Wildman–Crippen LogP) is 13.2. The van der Waals surface area contributed by atoms with Gasteiger partial charge < -0.3 is 30.4 Å². The van der Waals surface area contributed by atoms with Crippen molar-refractivity contribution in [2.45, 2.75) is 53.9 Å². The van der Waals surface area contributed by atoms with Crippen LogP contribution in [0, 0.1) is 27.7 Å². The van der Waals surface area contributed by atoms with E-state index < -0.39 is 0 Å². The largest absolute Gasteiger partial charge is 0.323 e. The van der Waals surface area contributed by atoms with E-state index in [0.29, 0.717) is 46.0 Å². The van der Waals surface area contributed by atoms with Crippen molar-refractivity contribution < 1.29 is 19.2 Å². The fourth-order valence-electron chi connectivity index (χ4n) is 13.6. The number of rotatable bonds is 20. The zero-order valence-electron chi connectivity index (χ0n) is 68.7. The van der Waals surface area contributed by atoms with Crippen LogP contribution in [0.15, 0.2) is 295 Å². The summed E-state index contributed by atoms with van der Waals surface area (Å²) in [5.41, 5.74) is 20.8. The molecule has 0 aromatic carbocycles. The summed E-state index contributed by atoms with van der Waals surface area (Å²) in [6.07, 6.45) is 46.9. The number of fused-ring (bicyclic) bond motifs is 4. The Morgan fingerprint density at radius 1 is 0.281 bits per heavy atom. The number of aryl methyl sites for hydroxylation is 4. The standard InChI is InChI=1S/C24H19N7O.2C23H18N8O.C22H17N9O/c1-16-10-17(4-6-26-16)20-11-18-5-9-31(24(18)29-13-20)15-23(32)30-22-3-2-19(12-28-22)21-14-25-7-8-27-21;1-15-10-16(4-6-25-15)22-23-19(5-7-27-22)31(14-29-23)13-21(32)30-20-3-2-17(11-28-20)18-12-24-8-9-26-18;1-15-8-16(4-5-25-15)18-9-19-12-29-31(23(19)28-11-18)14-22(32)30-21-3-2-17(10-27-21)20-13-24-6-7-26-20;1-14-8-15(4-5-24-14)21-17-10-29-31(22(17)28-13-27-21)12-20(32)30-19-3-2-16(9-26-19)18-11-23-6-7-25-18/h2-14H,15H2,1H3,(H,28,30,32);2-12,14H,13H2,1H3,(H,28,30,32);2-13H,14H2,1H3,(H,27,30,32);2-11,13H,12H2,1H3,(H,26,30,32). The maximum Gasteiger partial charge on any atom is 0.247 e. The maximum atomic E-state index is 12.6. The highest BCUT2D eigenvalue weighted by Crippen LogP contribution is 2.31. The molecule has 36 nitrogen and oxygen atoms in total. The molecule has 0 atom stereocenters. The molecule has 0 spiro atoms. The molecule has 0 aliphatic carbocycles. The summed E-state index contributed by atoms with van der Waals surface area (Å²) in [6.45, 7) is 8.01. The Labute approximate surface area is 727 Å². The first-order valence-electron chi connectivity index (χ1n) is 39.7. The lowest BCUT2D eigenvalue weighted by Gasteiger charge is -2.08. The second-order valence-electron chi connectivity index (χ2n) is 28.7. The summed E-state index contributed by atoms with van der Waals surface area (Å²) in [7, 11) is 0. The Hall–Kier alpha value is -18.1. The van der Waals surface area contributed by atoms with Crippen molar-refractivity contribution in [2.24, 2.45) is 0 Å². The van der Waals surface area contributed by atoms with Crippen LogP contribution >= 0.6 is 0 Å². The van der Waals surface area contributed by atoms with Gasteiger partial charge in [0.15, 0.2) is 11.3 Å². The van der Waals surface area contributed by atoms with Gasteiger partial charge in [0, 0.05) is 202 Å². The Balaban J connectivity index is 0.000000120. The molecule has 0 fully saturated rings. The maximum absolute atomic E-state index is 12.6. The molecular weight excluding hydrogens is 1620 g/mol. The Morgan fingerprint density at radius 3 is 1.12 bits per heavy atom. The minimum atomic E-state index is -0.269. The summed E-state index contributed by atoms with van der Waals surface area (Å²) in [4.78, 5) is 144. The van der Waals surface area contributed by atoms with Crippen molar-refractivity contribution in [3.05, 3.63) is 318 Å². The summed E-state index contributed by atoms with van der Waals surface area (Å²) < 4.78 is 6.72. The fraction of sp³-hybridized carbons (Fsp3) is 0.0870. The molecule has 0 saturated carbocycles. The summed E-state index contributed by atoms with van der Waals surface area (Å²) in [6, 6.07) is 37.8. The Morgan fingerprint density at radius 2 is 0.680 bits per heavy atom. The van der Waals surface area contributed by atoms with Crippen LogP contribution in [0.3, 0.4) is 0 Å². The molecule has 20 heterocycles. The van der Waals surface area contributed by atoms with E-state index in [4.69, 9.17) is 0 Å². The number of nitrogens with one attached hydrogen (secondary N) is 4. The van der Waals surface area contributed by atoms with E-state index in [0.717, 1.165) is 134 Å². The van der Waals surface area contributed by atoms with E-state index in [9.17, 15) is 19.2 Å². The first kappa shape index (κ1) is 82.2. The fourth-order valence-corrected chi connectivity index (χ4v) is 13.6. The highest BCUT2D eigenvalue weighted by molar-refractivity contribution is 5.96. The van der Waals surface area contributed by atoms with Gasteiger partial charge in [-0.2, -0.15) is 10.2 Å². The van der Waals surface area contributed by atoms with E-state index in [1.807, 2.05) is 136 Å². The van der Waals surface area contributed by atoms with Crippen LogP contribution in [-0.4, -0.2) is 162 Å². The van der Waals surface area contributed by atoms with Gasteiger partial charge >= 0.3 is 0 Å². The molecule has 0 aliphatic rings. The lowest BCUT2D eigenvalue weighted by molar-refractivity contribution is -0.117. The molecule has 624 valence electrons. The lowest BCUT2D eigenvalue weighted by Crippen LogP contribution is -2.20. The molecule has 20 aromatic heterocycles. The van der Waals surface area contributed by atoms with E-state index in [2.05, 4.69) is 147 Å². The first-order valence-corrected chi connectivity index (χ1v) is 39.7. The van der Waals surface area contributed by atoms with E-state index >= 15 is 0 Å². The number of amides is 4. The number of pyridine rings is 11. The molecular formula is C92H72N32O4. The Kier molecular flexibility index (Phi) is 24.6. The number of imidazole rings is 1. The third-order valence-electron chi connectivity index (χ3n) is 19.6. The quantitative estimate of drug-likeness (QED) is 0.0550. The zero-order chi connectivity index (χ0) is 87.7. The molecule has 0 saturated heterocycles. The number of carbonyl (C=O) groups is 4. The molecule has 0 unspecified atom stereocenters. The van der Waals surface area contributed by atoms with Gasteiger partial charge in [-0.3, -0.25) is 84.0 Å². The molecule has 0 bridgehead atoms. The topological polar surface area (TPSA) is 445 Å². The van der Waals surface area contributed by atoms with Crippen LogP contribution in [0.4, 0.5) is 23.3 Å². The van der Waals surface area contributed by atoms with Crippen molar-refractivity contribution in [3.8, 4) is 89.8 Å². The van der Waals surface area contributed by atoms with Crippen LogP contribution in [0.2, 0.25) is 0 Å². The molecule has 0 aliphatic heterocycles. The number of hydrogen-bond donors (Lipinski definition) is 4. The number of anilines is 4. The minimum Gasteiger partial charge on any atom is -0.323 e. The molecule has 0 radical (unpaired) electrons. The second kappa shape index (κ2) is 38.3. The van der Waals surface area contributed by atoms with Crippen molar-refractivity contribution in [1.29, 1.82) is 0 Å². The smallest absolute Gasteiger partial charge is 0.247 e. The molecule has 20 aromatic rings. The minimum absolute atomic E-state index is 0.0110. The number of hydrogen-bond acceptors (Lipinski definition) is 28. The van der Waals surface area contributed by atoms with Crippen molar-refractivity contribution in [2.75, 3.05) is 21.3 Å². The Bertz CT molecular complexity index is 6900. The monoisotopic (exact) mass is 1690 g/mol. The van der Waals surface area contributed by atoms with Gasteiger partial charge in [0.1, 0.15) is 66.9 Å². The van der Waals surface area contributed by atoms with Crippen LogP contribution in [0.5, 0.6) is 0 Å². The number of aromatic nitrogens is 28. The van der Waals surface area contributed by atoms with Gasteiger partial charge in [0.2, 0.25) is 23.6 Å². The predicted molar refractivity (Wildman–Crippen MR) is 478 cm³/mol. The average molecular weight is 1690 g/mol. The van der Waals surface area contributed by atoms with E-state index in [-0.39, 0.29) is 49.8 Å². The zero-order valence-corrected chi connectivity index (χ0v) is 68.7. The van der Waals surface area contributed by atoms with Gasteiger partial charge in [-0.1, -0.05) is 0 Å². The molecule has 36 heteroatoms. The van der Waals surface area contributed by atoms with Gasteiger partial charge in [0.25, 0.3) is 0 Å². The second-order valence-corrected chi connectivity index (χ2v) is 28.7. The van der Waals surface area contributed by atoms with Gasteiger partial charge in [0.05, 0.1) is 88.6 Å². The first-order chi connectivity index (χ1) is 62.6. The third-order valence-corrected chi connectivity index (χ3v) is 19.6. The van der Waals surface area contributed by atoms with Gasteiger partial charge in [-0.05, 0) is 160 Å². The van der Waals surface area contributed by atoms with E-state index in [1.54, 1.807) is 189 Å². The number of carbonyl (C=O) groups excluding carboxylic acids is 4. The highest BCUT2D eigenvalue weighted by atomic mass is 16.2. The van der Waals surface area contributed by atoms with Gasteiger partial charge in [-0.15, -0.1) is 0 Å². The summed E-state index contributed by atoms with van der Waals surface area (Å²) in [5.74, 6) is 0.910. The van der Waals surface area contributed by atoms with Crippen LogP contribution in [0.1, 0.15) is 22.8 Å². The highest BCUT2D eigenvalue weighted by Gasteiger charge is 2.20. The molecule has 20 rings (SSSR count). The third kappa shape index (κ3) is 20.1. The van der Waals surface area contributed by atoms with Gasteiger partial charge in [-0.25, -0.2) is 54.2 Å². The van der Waals surface area contributed by atoms with Crippen LogP contribution < -0.4 is 21.3 Å². The number of nitrogens with zero attached hydrogens (tertiary/aromatic N) is 28. The van der Waals surface area contributed by atoms with E-state index in [1.165, 1.54) is 11.0 Å².